The van der Waals surface area contributed by atoms with Crippen LogP contribution in [-0.2, 0) is 11.2 Å². The van der Waals surface area contributed by atoms with Crippen molar-refractivity contribution in [1.29, 1.82) is 0 Å². The molecular formula is C27H36N2O4. The van der Waals surface area contributed by atoms with Crippen molar-refractivity contribution in [3.63, 3.8) is 0 Å². The zero-order valence-corrected chi connectivity index (χ0v) is 20.0. The number of carboxylic acids is 1. The molecule has 1 heterocycles. The zero-order valence-electron chi connectivity index (χ0n) is 20.0. The number of unbranched alkanes of at least 4 members (excludes halogenated alkanes) is 4. The zero-order chi connectivity index (χ0) is 23.7. The van der Waals surface area contributed by atoms with E-state index in [2.05, 4.69) is 11.8 Å². The first kappa shape index (κ1) is 24.6. The number of fused-ring (bicyclic) bond motifs is 1. The van der Waals surface area contributed by atoms with Crippen LogP contribution in [0.25, 0.3) is 11.1 Å². The van der Waals surface area contributed by atoms with Crippen LogP contribution < -0.4 is 9.64 Å². The van der Waals surface area contributed by atoms with E-state index >= 15 is 0 Å². The molecule has 6 heteroatoms. The first-order valence-corrected chi connectivity index (χ1v) is 12.1. The summed E-state index contributed by atoms with van der Waals surface area (Å²) < 4.78 is 11.8. The number of aliphatic carboxylic acids is 1. The van der Waals surface area contributed by atoms with Crippen molar-refractivity contribution < 1.29 is 19.1 Å². The van der Waals surface area contributed by atoms with Crippen LogP contribution in [0.4, 0.5) is 6.01 Å². The Morgan fingerprint density at radius 3 is 2.42 bits per heavy atom. The van der Waals surface area contributed by atoms with Crippen LogP contribution in [0.1, 0.15) is 64.9 Å². The van der Waals surface area contributed by atoms with Crippen molar-refractivity contribution in [2.45, 2.75) is 71.3 Å². The average molecular weight is 453 g/mol. The Kier molecular flexibility index (Phi) is 8.75. The summed E-state index contributed by atoms with van der Waals surface area (Å²) >= 11 is 0. The van der Waals surface area contributed by atoms with Gasteiger partial charge < -0.3 is 19.2 Å². The van der Waals surface area contributed by atoms with Gasteiger partial charge in [-0.3, -0.25) is 0 Å². The van der Waals surface area contributed by atoms with Crippen molar-refractivity contribution in [3.05, 3.63) is 54.1 Å². The molecule has 1 N–H and O–H groups in total. The lowest BCUT2D eigenvalue weighted by Gasteiger charge is -2.25. The van der Waals surface area contributed by atoms with Crippen LogP contribution in [0.3, 0.4) is 0 Å². The van der Waals surface area contributed by atoms with E-state index in [1.807, 2.05) is 55.5 Å². The molecule has 0 aliphatic heterocycles. The van der Waals surface area contributed by atoms with E-state index in [1.54, 1.807) is 6.92 Å². The quantitative estimate of drug-likeness (QED) is 0.282. The fraction of sp³-hybridized carbons (Fsp3) is 0.481. The van der Waals surface area contributed by atoms with Crippen molar-refractivity contribution in [1.82, 2.24) is 4.98 Å². The van der Waals surface area contributed by atoms with Gasteiger partial charge in [0.2, 0.25) is 5.60 Å². The summed E-state index contributed by atoms with van der Waals surface area (Å²) in [6, 6.07) is 16.2. The van der Waals surface area contributed by atoms with Crippen LogP contribution in [-0.4, -0.2) is 34.8 Å². The van der Waals surface area contributed by atoms with E-state index in [0.29, 0.717) is 18.2 Å². The van der Waals surface area contributed by atoms with Crippen LogP contribution in [0.2, 0.25) is 0 Å². The SMILES string of the molecule is CCCCCCCN(CCc1ccc(O[C@](C)(CC)C(=O)O)cc1)c1nc2ccccc2o1. The second kappa shape index (κ2) is 11.7. The molecule has 0 radical (unpaired) electrons. The Morgan fingerprint density at radius 1 is 1.03 bits per heavy atom. The molecule has 178 valence electrons. The molecule has 0 amide bonds. The van der Waals surface area contributed by atoms with Gasteiger partial charge in [0.1, 0.15) is 11.3 Å². The number of benzene rings is 2. The molecule has 0 saturated heterocycles. The van der Waals surface area contributed by atoms with Gasteiger partial charge in [-0.2, -0.15) is 4.98 Å². The van der Waals surface area contributed by atoms with E-state index in [4.69, 9.17) is 14.1 Å². The smallest absolute Gasteiger partial charge is 0.347 e. The molecule has 3 aromatic rings. The monoisotopic (exact) mass is 452 g/mol. The summed E-state index contributed by atoms with van der Waals surface area (Å²) in [5.41, 5.74) is 1.62. The highest BCUT2D eigenvalue weighted by atomic mass is 16.5. The fourth-order valence-corrected chi connectivity index (χ4v) is 3.72. The van der Waals surface area contributed by atoms with Gasteiger partial charge in [-0.25, -0.2) is 4.79 Å². The van der Waals surface area contributed by atoms with Gasteiger partial charge in [0, 0.05) is 13.1 Å². The molecule has 3 rings (SSSR count). The van der Waals surface area contributed by atoms with E-state index in [0.717, 1.165) is 42.6 Å². The summed E-state index contributed by atoms with van der Waals surface area (Å²) in [4.78, 5) is 18.4. The minimum absolute atomic E-state index is 0.391. The topological polar surface area (TPSA) is 75.8 Å². The molecule has 0 fully saturated rings. The molecule has 6 nitrogen and oxygen atoms in total. The predicted molar refractivity (Wildman–Crippen MR) is 132 cm³/mol. The number of oxazole rings is 1. The minimum atomic E-state index is -1.22. The van der Waals surface area contributed by atoms with Gasteiger partial charge in [0.25, 0.3) is 6.01 Å². The van der Waals surface area contributed by atoms with E-state index < -0.39 is 11.6 Å². The summed E-state index contributed by atoms with van der Waals surface area (Å²) in [6.45, 7) is 7.34. The average Bonchev–Trinajstić information content (AvgIpc) is 3.25. The van der Waals surface area contributed by atoms with Crippen LogP contribution in [0, 0.1) is 0 Å². The Bertz CT molecular complexity index is 981. The predicted octanol–water partition coefficient (Wildman–Crippen LogP) is 6.48. The Labute approximate surface area is 196 Å². The summed E-state index contributed by atoms with van der Waals surface area (Å²) in [5, 5.41) is 9.43. The lowest BCUT2D eigenvalue weighted by Crippen LogP contribution is -2.40. The molecule has 0 aliphatic carbocycles. The van der Waals surface area contributed by atoms with Crippen molar-refractivity contribution >= 4 is 23.1 Å². The highest BCUT2D eigenvalue weighted by Gasteiger charge is 2.33. The molecule has 0 bridgehead atoms. The molecule has 0 spiro atoms. The number of nitrogens with zero attached hydrogens (tertiary/aromatic N) is 2. The molecular weight excluding hydrogens is 416 g/mol. The molecule has 33 heavy (non-hydrogen) atoms. The maximum atomic E-state index is 11.5. The number of anilines is 1. The number of aromatic nitrogens is 1. The Hall–Kier alpha value is -3.02. The molecule has 1 atom stereocenters. The number of hydrogen-bond donors (Lipinski definition) is 1. The number of carboxylic acid groups (broad SMARTS) is 1. The molecule has 2 aromatic carbocycles. The van der Waals surface area contributed by atoms with Gasteiger partial charge in [-0.05, 0) is 56.0 Å². The Balaban J connectivity index is 1.65. The lowest BCUT2D eigenvalue weighted by atomic mass is 10.0. The molecule has 0 saturated carbocycles. The number of rotatable bonds is 14. The lowest BCUT2D eigenvalue weighted by molar-refractivity contribution is -0.154. The molecule has 0 unspecified atom stereocenters. The highest BCUT2D eigenvalue weighted by molar-refractivity contribution is 5.77. The van der Waals surface area contributed by atoms with Gasteiger partial charge in [-0.15, -0.1) is 0 Å². The summed E-state index contributed by atoms with van der Waals surface area (Å²) in [7, 11) is 0. The van der Waals surface area contributed by atoms with E-state index in [9.17, 15) is 9.90 Å². The highest BCUT2D eigenvalue weighted by Crippen LogP contribution is 2.24. The third-order valence-corrected chi connectivity index (χ3v) is 6.15. The Morgan fingerprint density at radius 2 is 1.76 bits per heavy atom. The van der Waals surface area contributed by atoms with E-state index in [1.165, 1.54) is 25.7 Å². The third kappa shape index (κ3) is 6.73. The molecule has 1 aromatic heterocycles. The van der Waals surface area contributed by atoms with Gasteiger partial charge >= 0.3 is 5.97 Å². The third-order valence-electron chi connectivity index (χ3n) is 6.15. The maximum Gasteiger partial charge on any atom is 0.347 e. The number of hydrogen-bond acceptors (Lipinski definition) is 5. The van der Waals surface area contributed by atoms with Crippen molar-refractivity contribution in [3.8, 4) is 5.75 Å². The van der Waals surface area contributed by atoms with E-state index in [-0.39, 0.29) is 0 Å². The van der Waals surface area contributed by atoms with Gasteiger partial charge in [0.15, 0.2) is 5.58 Å². The second-order valence-corrected chi connectivity index (χ2v) is 8.75. The first-order chi connectivity index (χ1) is 15.9. The van der Waals surface area contributed by atoms with Crippen molar-refractivity contribution in [2.24, 2.45) is 0 Å². The van der Waals surface area contributed by atoms with Crippen LogP contribution in [0.15, 0.2) is 52.9 Å². The second-order valence-electron chi connectivity index (χ2n) is 8.75. The number of ether oxygens (including phenoxy) is 1. The maximum absolute atomic E-state index is 11.5. The minimum Gasteiger partial charge on any atom is -0.478 e. The summed E-state index contributed by atoms with van der Waals surface area (Å²) in [6.07, 6.45) is 7.30. The van der Waals surface area contributed by atoms with Crippen molar-refractivity contribution in [2.75, 3.05) is 18.0 Å². The number of para-hydroxylation sites is 2. The standard InChI is InChI=1S/C27H36N2O4/c1-4-6-7-8-11-19-29(26-28-23-12-9-10-13-24(23)32-26)20-18-21-14-16-22(17-15-21)33-27(3,5-2)25(30)31/h9-10,12-17H,4-8,11,18-20H2,1-3H3,(H,30,31)/t27-/m1/s1. The number of carbonyl (C=O) groups is 1. The molecule has 0 aliphatic rings. The normalized spacial score (nSPS) is 13.1. The van der Waals surface area contributed by atoms with Crippen LogP contribution >= 0.6 is 0 Å². The van der Waals surface area contributed by atoms with Crippen LogP contribution in [0.5, 0.6) is 5.75 Å². The largest absolute Gasteiger partial charge is 0.478 e. The summed E-state index contributed by atoms with van der Waals surface area (Å²) in [5.74, 6) is -0.390. The fourth-order valence-electron chi connectivity index (χ4n) is 3.72. The van der Waals surface area contributed by atoms with Gasteiger partial charge in [0.05, 0.1) is 0 Å². The first-order valence-electron chi connectivity index (χ1n) is 12.1. The van der Waals surface area contributed by atoms with Gasteiger partial charge in [-0.1, -0.05) is 63.8 Å².